The van der Waals surface area contributed by atoms with Crippen LogP contribution < -0.4 is 0 Å². The van der Waals surface area contributed by atoms with E-state index in [0.717, 1.165) is 24.7 Å². The highest BCUT2D eigenvalue weighted by Crippen LogP contribution is 2.51. The Morgan fingerprint density at radius 2 is 1.71 bits per heavy atom. The molecule has 0 radical (unpaired) electrons. The lowest BCUT2D eigenvalue weighted by Gasteiger charge is -2.47. The molecule has 0 heteroatoms. The molecule has 1 aromatic carbocycles. The molecule has 1 aliphatic carbocycles. The topological polar surface area (TPSA) is 0 Å². The second-order valence-corrected chi connectivity index (χ2v) is 9.80. The molecule has 1 unspecified atom stereocenters. The number of hydrogen-bond donors (Lipinski definition) is 0. The van der Waals surface area contributed by atoms with Gasteiger partial charge in [0.2, 0.25) is 0 Å². The molecule has 0 aliphatic heterocycles. The molecule has 0 N–H and O–H groups in total. The molecule has 0 amide bonds. The molecule has 24 heavy (non-hydrogen) atoms. The van der Waals surface area contributed by atoms with Crippen LogP contribution in [0.4, 0.5) is 0 Å². The van der Waals surface area contributed by atoms with Gasteiger partial charge in [-0.15, -0.1) is 0 Å². The lowest BCUT2D eigenvalue weighted by atomic mass is 9.59. The summed E-state index contributed by atoms with van der Waals surface area (Å²) in [7, 11) is 0. The van der Waals surface area contributed by atoms with Gasteiger partial charge in [-0.25, -0.2) is 0 Å². The van der Waals surface area contributed by atoms with Gasteiger partial charge >= 0.3 is 0 Å². The van der Waals surface area contributed by atoms with Gasteiger partial charge in [0, 0.05) is 0 Å². The zero-order valence-electron chi connectivity index (χ0n) is 16.9. The van der Waals surface area contributed by atoms with Crippen LogP contribution in [0.1, 0.15) is 84.8 Å². The normalized spacial score (nSPS) is 21.4. The van der Waals surface area contributed by atoms with Crippen molar-refractivity contribution < 1.29 is 0 Å². The Morgan fingerprint density at radius 3 is 2.29 bits per heavy atom. The molecular formula is C24H38. The molecular weight excluding hydrogens is 288 g/mol. The van der Waals surface area contributed by atoms with E-state index in [2.05, 4.69) is 72.4 Å². The zero-order chi connectivity index (χ0) is 18.0. The van der Waals surface area contributed by atoms with Crippen LogP contribution >= 0.6 is 0 Å². The van der Waals surface area contributed by atoms with Crippen molar-refractivity contribution in [3.63, 3.8) is 0 Å². The minimum absolute atomic E-state index is 0.493. The summed E-state index contributed by atoms with van der Waals surface area (Å²) in [5.74, 6) is 1.65. The standard InChI is InChI=1S/C24H38/c1-8-20-11-9-10-12-22(20)19(3)14-13-18(2)21-15-23(4,5)17-24(6,7)16-21/h9-12,18,21H,3,8,13-17H2,1-2,4-7H3. The number of rotatable bonds is 6. The fourth-order valence-corrected chi connectivity index (χ4v) is 5.28. The summed E-state index contributed by atoms with van der Waals surface area (Å²) in [6, 6.07) is 8.79. The quantitative estimate of drug-likeness (QED) is 0.506. The summed E-state index contributed by atoms with van der Waals surface area (Å²) in [6.07, 6.45) is 7.63. The lowest BCUT2D eigenvalue weighted by molar-refractivity contribution is 0.0418. The number of allylic oxidation sites excluding steroid dienone is 1. The van der Waals surface area contributed by atoms with Gasteiger partial charge in [-0.3, -0.25) is 0 Å². The SMILES string of the molecule is C=C(CCC(C)C1CC(C)(C)CC(C)(C)C1)c1ccccc1CC. The predicted molar refractivity (Wildman–Crippen MR) is 108 cm³/mol. The van der Waals surface area contributed by atoms with Crippen LogP contribution in [0, 0.1) is 22.7 Å². The van der Waals surface area contributed by atoms with Crippen LogP contribution in [0.15, 0.2) is 30.8 Å². The molecule has 0 nitrogen and oxygen atoms in total. The van der Waals surface area contributed by atoms with Crippen molar-refractivity contribution in [2.45, 2.75) is 80.1 Å². The highest BCUT2D eigenvalue weighted by molar-refractivity contribution is 5.66. The first-order valence-electron chi connectivity index (χ1n) is 9.89. The summed E-state index contributed by atoms with van der Waals surface area (Å²) < 4.78 is 0. The third-order valence-electron chi connectivity index (χ3n) is 6.07. The van der Waals surface area contributed by atoms with E-state index in [4.69, 9.17) is 0 Å². The van der Waals surface area contributed by atoms with Crippen LogP contribution in [-0.4, -0.2) is 0 Å². The van der Waals surface area contributed by atoms with E-state index < -0.39 is 0 Å². The average molecular weight is 327 g/mol. The molecule has 134 valence electrons. The van der Waals surface area contributed by atoms with E-state index in [9.17, 15) is 0 Å². The second kappa shape index (κ2) is 7.46. The van der Waals surface area contributed by atoms with Crippen LogP contribution in [0.2, 0.25) is 0 Å². The first-order valence-corrected chi connectivity index (χ1v) is 9.89. The van der Waals surface area contributed by atoms with Crippen molar-refractivity contribution in [2.24, 2.45) is 22.7 Å². The fraction of sp³-hybridized carbons (Fsp3) is 0.667. The van der Waals surface area contributed by atoms with Crippen molar-refractivity contribution in [3.8, 4) is 0 Å². The van der Waals surface area contributed by atoms with E-state index in [1.54, 1.807) is 0 Å². The summed E-state index contributed by atoms with van der Waals surface area (Å²) in [5, 5.41) is 0. The van der Waals surface area contributed by atoms with E-state index in [1.165, 1.54) is 42.4 Å². The molecule has 0 spiro atoms. The lowest BCUT2D eigenvalue weighted by Crippen LogP contribution is -2.36. The Hall–Kier alpha value is -1.04. The van der Waals surface area contributed by atoms with Crippen LogP contribution in [0.5, 0.6) is 0 Å². The molecule has 0 aromatic heterocycles. The van der Waals surface area contributed by atoms with Gasteiger partial charge in [-0.2, -0.15) is 0 Å². The van der Waals surface area contributed by atoms with Crippen molar-refractivity contribution in [3.05, 3.63) is 42.0 Å². The molecule has 1 aliphatic rings. The first-order chi connectivity index (χ1) is 11.1. The van der Waals surface area contributed by atoms with Gasteiger partial charge in [-0.05, 0) is 77.9 Å². The largest absolute Gasteiger partial charge is 0.0952 e. The minimum Gasteiger partial charge on any atom is -0.0952 e. The first kappa shape index (κ1) is 19.3. The van der Waals surface area contributed by atoms with Gasteiger partial charge in [0.05, 0.1) is 0 Å². The molecule has 0 bridgehead atoms. The molecule has 1 saturated carbocycles. The summed E-state index contributed by atoms with van der Waals surface area (Å²) in [6.45, 7) is 19.0. The highest BCUT2D eigenvalue weighted by atomic mass is 14.4. The van der Waals surface area contributed by atoms with Gasteiger partial charge in [-0.1, -0.05) is 72.4 Å². The van der Waals surface area contributed by atoms with Gasteiger partial charge < -0.3 is 0 Å². The summed E-state index contributed by atoms with van der Waals surface area (Å²) in [4.78, 5) is 0. The maximum absolute atomic E-state index is 4.41. The highest BCUT2D eigenvalue weighted by Gasteiger charge is 2.39. The Balaban J connectivity index is 1.97. The number of benzene rings is 1. The van der Waals surface area contributed by atoms with Gasteiger partial charge in [0.15, 0.2) is 0 Å². The van der Waals surface area contributed by atoms with Crippen molar-refractivity contribution in [1.82, 2.24) is 0 Å². The summed E-state index contributed by atoms with van der Waals surface area (Å²) in [5.41, 5.74) is 5.14. The predicted octanol–water partition coefficient (Wildman–Crippen LogP) is 7.53. The molecule has 2 rings (SSSR count). The van der Waals surface area contributed by atoms with E-state index in [0.29, 0.717) is 10.8 Å². The maximum Gasteiger partial charge on any atom is -0.0198 e. The number of aryl methyl sites for hydroxylation is 1. The van der Waals surface area contributed by atoms with Crippen LogP contribution in [0.25, 0.3) is 5.57 Å². The van der Waals surface area contributed by atoms with Crippen molar-refractivity contribution in [2.75, 3.05) is 0 Å². The van der Waals surface area contributed by atoms with E-state index >= 15 is 0 Å². The Morgan fingerprint density at radius 1 is 1.12 bits per heavy atom. The second-order valence-electron chi connectivity index (χ2n) is 9.80. The van der Waals surface area contributed by atoms with Crippen molar-refractivity contribution >= 4 is 5.57 Å². The number of hydrogen-bond acceptors (Lipinski definition) is 0. The Bertz CT molecular complexity index is 545. The van der Waals surface area contributed by atoms with E-state index in [-0.39, 0.29) is 0 Å². The smallest absolute Gasteiger partial charge is 0.0198 e. The fourth-order valence-electron chi connectivity index (χ4n) is 5.28. The van der Waals surface area contributed by atoms with Gasteiger partial charge in [0.1, 0.15) is 0 Å². The van der Waals surface area contributed by atoms with Crippen molar-refractivity contribution in [1.29, 1.82) is 0 Å². The minimum atomic E-state index is 0.493. The Kier molecular flexibility index (Phi) is 6.00. The average Bonchev–Trinajstić information content (AvgIpc) is 2.49. The molecule has 1 fully saturated rings. The maximum atomic E-state index is 4.41. The molecule has 1 atom stereocenters. The summed E-state index contributed by atoms with van der Waals surface area (Å²) >= 11 is 0. The van der Waals surface area contributed by atoms with Gasteiger partial charge in [0.25, 0.3) is 0 Å². The molecule has 1 aromatic rings. The zero-order valence-corrected chi connectivity index (χ0v) is 16.9. The van der Waals surface area contributed by atoms with Crippen LogP contribution in [0.3, 0.4) is 0 Å². The Labute approximate surface area is 150 Å². The third-order valence-corrected chi connectivity index (χ3v) is 6.07. The third kappa shape index (κ3) is 4.98. The molecule has 0 saturated heterocycles. The monoisotopic (exact) mass is 326 g/mol. The molecule has 0 heterocycles. The van der Waals surface area contributed by atoms with Crippen LogP contribution in [-0.2, 0) is 6.42 Å². The van der Waals surface area contributed by atoms with E-state index in [1.807, 2.05) is 0 Å².